The van der Waals surface area contributed by atoms with Gasteiger partial charge in [-0.05, 0) is 48.7 Å². The van der Waals surface area contributed by atoms with Crippen molar-refractivity contribution in [3.05, 3.63) is 69.2 Å². The van der Waals surface area contributed by atoms with E-state index in [1.807, 2.05) is 25.2 Å². The van der Waals surface area contributed by atoms with Gasteiger partial charge < -0.3 is 5.32 Å². The fourth-order valence-electron chi connectivity index (χ4n) is 2.52. The number of likely N-dealkylation sites (N-methyl/N-ethyl adjacent to an activating group) is 1. The molecule has 2 aromatic rings. The van der Waals surface area contributed by atoms with Gasteiger partial charge in [0.15, 0.2) is 0 Å². The lowest BCUT2D eigenvalue weighted by atomic mass is 9.97. The quantitative estimate of drug-likeness (QED) is 0.746. The van der Waals surface area contributed by atoms with E-state index in [2.05, 4.69) is 36.5 Å². The van der Waals surface area contributed by atoms with E-state index in [-0.39, 0.29) is 6.04 Å². The molecule has 1 unspecified atom stereocenters. The monoisotopic (exact) mass is 321 g/mol. The molecular weight excluding hydrogens is 301 g/mol. The molecule has 1 nitrogen and oxygen atoms in total. The highest BCUT2D eigenvalue weighted by molar-refractivity contribution is 6.36. The molecule has 0 radical (unpaired) electrons. The third-order valence-electron chi connectivity index (χ3n) is 3.74. The Morgan fingerprint density at radius 3 is 2.14 bits per heavy atom. The molecule has 0 saturated heterocycles. The molecule has 2 rings (SSSR count). The SMILES string of the molecule is CCCc1ccc(C(Cc2c(Cl)cccc2Cl)NC)cc1. The van der Waals surface area contributed by atoms with Gasteiger partial charge in [-0.25, -0.2) is 0 Å². The third kappa shape index (κ3) is 4.23. The van der Waals surface area contributed by atoms with Gasteiger partial charge in [-0.1, -0.05) is 66.9 Å². The van der Waals surface area contributed by atoms with Gasteiger partial charge in [0, 0.05) is 16.1 Å². The van der Waals surface area contributed by atoms with Crippen molar-refractivity contribution in [2.75, 3.05) is 7.05 Å². The van der Waals surface area contributed by atoms with Crippen molar-refractivity contribution in [2.24, 2.45) is 0 Å². The predicted molar refractivity (Wildman–Crippen MR) is 92.4 cm³/mol. The maximum Gasteiger partial charge on any atom is 0.0453 e. The molecule has 0 saturated carbocycles. The minimum Gasteiger partial charge on any atom is -0.313 e. The summed E-state index contributed by atoms with van der Waals surface area (Å²) in [6, 6.07) is 14.7. The van der Waals surface area contributed by atoms with Gasteiger partial charge in [-0.3, -0.25) is 0 Å². The van der Waals surface area contributed by atoms with Crippen molar-refractivity contribution in [1.82, 2.24) is 5.32 Å². The van der Waals surface area contributed by atoms with Gasteiger partial charge in [0.25, 0.3) is 0 Å². The minimum absolute atomic E-state index is 0.207. The summed E-state index contributed by atoms with van der Waals surface area (Å²) in [4.78, 5) is 0. The number of rotatable bonds is 6. The molecule has 1 atom stereocenters. The van der Waals surface area contributed by atoms with Crippen molar-refractivity contribution in [3.8, 4) is 0 Å². The molecule has 0 aliphatic rings. The fourth-order valence-corrected chi connectivity index (χ4v) is 3.08. The first-order valence-corrected chi connectivity index (χ1v) is 8.10. The second-order valence-electron chi connectivity index (χ2n) is 5.24. The highest BCUT2D eigenvalue weighted by Gasteiger charge is 2.14. The molecule has 0 bridgehead atoms. The molecule has 1 N–H and O–H groups in total. The van der Waals surface area contributed by atoms with Crippen molar-refractivity contribution in [1.29, 1.82) is 0 Å². The van der Waals surface area contributed by atoms with Crippen LogP contribution in [-0.2, 0) is 12.8 Å². The van der Waals surface area contributed by atoms with E-state index < -0.39 is 0 Å². The van der Waals surface area contributed by atoms with Crippen LogP contribution in [-0.4, -0.2) is 7.05 Å². The van der Waals surface area contributed by atoms with Crippen LogP contribution < -0.4 is 5.32 Å². The molecule has 0 aliphatic carbocycles. The van der Waals surface area contributed by atoms with E-state index >= 15 is 0 Å². The zero-order valence-electron chi connectivity index (χ0n) is 12.5. The van der Waals surface area contributed by atoms with Gasteiger partial charge in [-0.2, -0.15) is 0 Å². The number of hydrogen-bond donors (Lipinski definition) is 1. The Labute approximate surface area is 137 Å². The Morgan fingerprint density at radius 1 is 1.00 bits per heavy atom. The van der Waals surface area contributed by atoms with Crippen molar-refractivity contribution >= 4 is 23.2 Å². The van der Waals surface area contributed by atoms with E-state index in [1.165, 1.54) is 17.5 Å². The van der Waals surface area contributed by atoms with E-state index in [1.54, 1.807) is 0 Å². The molecule has 0 fully saturated rings. The second kappa shape index (κ2) is 7.84. The zero-order chi connectivity index (χ0) is 15.2. The highest BCUT2D eigenvalue weighted by Crippen LogP contribution is 2.29. The Hall–Kier alpha value is -1.02. The summed E-state index contributed by atoms with van der Waals surface area (Å²) in [6.07, 6.45) is 3.08. The number of aryl methyl sites for hydroxylation is 1. The van der Waals surface area contributed by atoms with Crippen LogP contribution in [0.15, 0.2) is 42.5 Å². The lowest BCUT2D eigenvalue weighted by Gasteiger charge is -2.19. The van der Waals surface area contributed by atoms with Crippen LogP contribution in [0, 0.1) is 0 Å². The summed E-state index contributed by atoms with van der Waals surface area (Å²) < 4.78 is 0. The number of benzene rings is 2. The van der Waals surface area contributed by atoms with E-state index in [0.717, 1.165) is 28.5 Å². The van der Waals surface area contributed by atoms with Gasteiger partial charge in [-0.15, -0.1) is 0 Å². The normalized spacial score (nSPS) is 12.4. The average Bonchev–Trinajstić information content (AvgIpc) is 2.49. The van der Waals surface area contributed by atoms with Crippen LogP contribution >= 0.6 is 23.2 Å². The maximum atomic E-state index is 6.27. The van der Waals surface area contributed by atoms with Gasteiger partial charge in [0.2, 0.25) is 0 Å². The van der Waals surface area contributed by atoms with Crippen molar-refractivity contribution in [2.45, 2.75) is 32.2 Å². The van der Waals surface area contributed by atoms with Gasteiger partial charge in [0.1, 0.15) is 0 Å². The average molecular weight is 322 g/mol. The minimum atomic E-state index is 0.207. The van der Waals surface area contributed by atoms with Crippen LogP contribution in [0.2, 0.25) is 10.0 Å². The third-order valence-corrected chi connectivity index (χ3v) is 4.45. The fraction of sp³-hybridized carbons (Fsp3) is 0.333. The smallest absolute Gasteiger partial charge is 0.0453 e. The Balaban J connectivity index is 2.19. The summed E-state index contributed by atoms with van der Waals surface area (Å²) in [5.74, 6) is 0. The number of halogens is 2. The summed E-state index contributed by atoms with van der Waals surface area (Å²) in [7, 11) is 1.97. The van der Waals surface area contributed by atoms with Crippen LogP contribution in [0.5, 0.6) is 0 Å². The summed E-state index contributed by atoms with van der Waals surface area (Å²) in [6.45, 7) is 2.20. The van der Waals surface area contributed by atoms with Crippen LogP contribution in [0.4, 0.5) is 0 Å². The highest BCUT2D eigenvalue weighted by atomic mass is 35.5. The molecule has 0 aliphatic heterocycles. The summed E-state index contributed by atoms with van der Waals surface area (Å²) in [5.41, 5.74) is 3.64. The van der Waals surface area contributed by atoms with Crippen LogP contribution in [0.3, 0.4) is 0 Å². The first-order chi connectivity index (χ1) is 10.2. The molecule has 0 heterocycles. The largest absolute Gasteiger partial charge is 0.313 e. The molecule has 0 spiro atoms. The molecule has 21 heavy (non-hydrogen) atoms. The summed E-state index contributed by atoms with van der Waals surface area (Å²) in [5, 5.41) is 4.81. The summed E-state index contributed by atoms with van der Waals surface area (Å²) >= 11 is 12.5. The first kappa shape index (κ1) is 16.4. The first-order valence-electron chi connectivity index (χ1n) is 7.34. The van der Waals surface area contributed by atoms with Crippen molar-refractivity contribution in [3.63, 3.8) is 0 Å². The molecule has 2 aromatic carbocycles. The molecule has 3 heteroatoms. The van der Waals surface area contributed by atoms with E-state index in [0.29, 0.717) is 0 Å². The number of hydrogen-bond acceptors (Lipinski definition) is 1. The maximum absolute atomic E-state index is 6.27. The Morgan fingerprint density at radius 2 is 1.62 bits per heavy atom. The lowest BCUT2D eigenvalue weighted by molar-refractivity contribution is 0.592. The molecule has 0 aromatic heterocycles. The Bertz CT molecular complexity index is 558. The topological polar surface area (TPSA) is 12.0 Å². The molecule has 112 valence electrons. The zero-order valence-corrected chi connectivity index (χ0v) is 14.0. The van der Waals surface area contributed by atoms with Crippen LogP contribution in [0.25, 0.3) is 0 Å². The molecule has 0 amide bonds. The predicted octanol–water partition coefficient (Wildman–Crippen LogP) is 5.45. The van der Waals surface area contributed by atoms with E-state index in [4.69, 9.17) is 23.2 Å². The lowest BCUT2D eigenvalue weighted by Crippen LogP contribution is -2.19. The molecular formula is C18H21Cl2N. The standard InChI is InChI=1S/C18H21Cl2N/c1-3-5-13-8-10-14(11-9-13)18(21-2)12-15-16(19)6-4-7-17(15)20/h4,6-11,18,21H,3,5,12H2,1-2H3. The van der Waals surface area contributed by atoms with Gasteiger partial charge in [0.05, 0.1) is 0 Å². The van der Waals surface area contributed by atoms with E-state index in [9.17, 15) is 0 Å². The van der Waals surface area contributed by atoms with Crippen LogP contribution in [0.1, 0.15) is 36.1 Å². The van der Waals surface area contributed by atoms with Gasteiger partial charge >= 0.3 is 0 Å². The Kier molecular flexibility index (Phi) is 6.10. The number of nitrogens with one attached hydrogen (secondary N) is 1. The second-order valence-corrected chi connectivity index (χ2v) is 6.05. The van der Waals surface area contributed by atoms with Crippen molar-refractivity contribution < 1.29 is 0 Å².